The number of hydrogen-bond donors (Lipinski definition) is 1. The van der Waals surface area contributed by atoms with Crippen LogP contribution in [-0.2, 0) is 16.1 Å². The highest BCUT2D eigenvalue weighted by atomic mass is 32.1. The lowest BCUT2D eigenvalue weighted by Crippen LogP contribution is -2.36. The molecule has 0 aliphatic carbocycles. The molecule has 0 bridgehead atoms. The highest BCUT2D eigenvalue weighted by molar-refractivity contribution is 7.18. The molecule has 4 rings (SSSR count). The smallest absolute Gasteiger partial charge is 0.262 e. The molecule has 0 spiro atoms. The molecule has 2 aromatic heterocycles. The first kappa shape index (κ1) is 19.6. The van der Waals surface area contributed by atoms with Crippen molar-refractivity contribution in [3.8, 4) is 0 Å². The predicted molar refractivity (Wildman–Crippen MR) is 116 cm³/mol. The van der Waals surface area contributed by atoms with E-state index >= 15 is 0 Å². The number of nitrogens with one attached hydrogen (secondary N) is 1. The van der Waals surface area contributed by atoms with Crippen molar-refractivity contribution in [3.05, 3.63) is 51.4 Å². The summed E-state index contributed by atoms with van der Waals surface area (Å²) in [5, 5.41) is 3.59. The summed E-state index contributed by atoms with van der Waals surface area (Å²) in [5.41, 5.74) is 2.71. The Bertz CT molecular complexity index is 1100. The maximum atomic E-state index is 12.7. The molecular formula is C21H24N4O3S. The van der Waals surface area contributed by atoms with Gasteiger partial charge in [0.15, 0.2) is 0 Å². The van der Waals surface area contributed by atoms with Crippen LogP contribution in [0.3, 0.4) is 0 Å². The Labute approximate surface area is 172 Å². The number of benzene rings is 1. The standard InChI is InChI=1S/C21H24N4O3S/c1-14-15(2)29-20-19(14)21(27)25(13-22-20)7-6-18(26)23-16-4-3-5-17(12-16)24-8-10-28-11-9-24/h3-5,12-13H,6-11H2,1-2H3,(H,23,26). The number of thiophene rings is 1. The Morgan fingerprint density at radius 2 is 2.07 bits per heavy atom. The number of aryl methyl sites for hydroxylation is 3. The predicted octanol–water partition coefficient (Wildman–Crippen LogP) is 2.94. The topological polar surface area (TPSA) is 76.5 Å². The average Bonchev–Trinajstić information content (AvgIpc) is 3.03. The molecule has 3 heterocycles. The van der Waals surface area contributed by atoms with E-state index in [1.807, 2.05) is 38.1 Å². The van der Waals surface area contributed by atoms with Gasteiger partial charge in [-0.15, -0.1) is 11.3 Å². The molecule has 1 amide bonds. The number of carbonyl (C=O) groups is 1. The fraction of sp³-hybridized carbons (Fsp3) is 0.381. The first-order valence-electron chi connectivity index (χ1n) is 9.70. The molecular weight excluding hydrogens is 388 g/mol. The van der Waals surface area contributed by atoms with Crippen LogP contribution >= 0.6 is 11.3 Å². The van der Waals surface area contributed by atoms with E-state index in [0.717, 1.165) is 39.7 Å². The first-order chi connectivity index (χ1) is 14.0. The molecule has 0 saturated carbocycles. The lowest BCUT2D eigenvalue weighted by molar-refractivity contribution is -0.116. The summed E-state index contributed by atoms with van der Waals surface area (Å²) >= 11 is 1.53. The van der Waals surface area contributed by atoms with Gasteiger partial charge >= 0.3 is 0 Å². The van der Waals surface area contributed by atoms with Crippen LogP contribution in [0.25, 0.3) is 10.2 Å². The second-order valence-electron chi connectivity index (χ2n) is 7.15. The van der Waals surface area contributed by atoms with Gasteiger partial charge < -0.3 is 15.0 Å². The summed E-state index contributed by atoms with van der Waals surface area (Å²) < 4.78 is 6.91. The van der Waals surface area contributed by atoms with Gasteiger partial charge in [0, 0.05) is 42.3 Å². The number of nitrogens with zero attached hydrogens (tertiary/aromatic N) is 3. The summed E-state index contributed by atoms with van der Waals surface area (Å²) in [6, 6.07) is 7.82. The monoisotopic (exact) mass is 412 g/mol. The summed E-state index contributed by atoms with van der Waals surface area (Å²) in [4.78, 5) is 33.7. The molecule has 0 atom stereocenters. The van der Waals surface area contributed by atoms with Crippen molar-refractivity contribution in [2.45, 2.75) is 26.8 Å². The van der Waals surface area contributed by atoms with Crippen molar-refractivity contribution in [2.75, 3.05) is 36.5 Å². The lowest BCUT2D eigenvalue weighted by Gasteiger charge is -2.29. The van der Waals surface area contributed by atoms with Gasteiger partial charge in [-0.2, -0.15) is 0 Å². The van der Waals surface area contributed by atoms with E-state index in [-0.39, 0.29) is 17.9 Å². The minimum absolute atomic E-state index is 0.0843. The van der Waals surface area contributed by atoms with Crippen LogP contribution in [-0.4, -0.2) is 41.8 Å². The van der Waals surface area contributed by atoms with Crippen molar-refractivity contribution in [1.29, 1.82) is 0 Å². The summed E-state index contributed by atoms with van der Waals surface area (Å²) in [5.74, 6) is -0.130. The number of rotatable bonds is 5. The SMILES string of the molecule is Cc1sc2ncn(CCC(=O)Nc3cccc(N4CCOCC4)c3)c(=O)c2c1C. The Morgan fingerprint density at radius 3 is 2.86 bits per heavy atom. The van der Waals surface area contributed by atoms with Gasteiger partial charge in [-0.3, -0.25) is 14.2 Å². The van der Waals surface area contributed by atoms with Crippen molar-refractivity contribution in [3.63, 3.8) is 0 Å². The van der Waals surface area contributed by atoms with Gasteiger partial charge in [0.1, 0.15) is 4.83 Å². The van der Waals surface area contributed by atoms with Gasteiger partial charge in [0.25, 0.3) is 5.56 Å². The van der Waals surface area contributed by atoms with Crippen molar-refractivity contribution >= 4 is 38.8 Å². The van der Waals surface area contributed by atoms with E-state index in [1.165, 1.54) is 22.2 Å². The van der Waals surface area contributed by atoms with Crippen LogP contribution in [0.15, 0.2) is 35.4 Å². The van der Waals surface area contributed by atoms with Gasteiger partial charge in [-0.05, 0) is 37.6 Å². The summed E-state index contributed by atoms with van der Waals surface area (Å²) in [6.07, 6.45) is 1.74. The first-order valence-corrected chi connectivity index (χ1v) is 10.5. The third kappa shape index (κ3) is 4.18. The van der Waals surface area contributed by atoms with E-state index in [9.17, 15) is 9.59 Å². The van der Waals surface area contributed by atoms with Gasteiger partial charge in [-0.25, -0.2) is 4.98 Å². The fourth-order valence-corrected chi connectivity index (χ4v) is 4.46. The van der Waals surface area contributed by atoms with Crippen LogP contribution in [0.5, 0.6) is 0 Å². The van der Waals surface area contributed by atoms with Gasteiger partial charge in [0.05, 0.1) is 24.9 Å². The third-order valence-corrected chi connectivity index (χ3v) is 6.36. The molecule has 3 aromatic rings. The van der Waals surface area contributed by atoms with E-state index in [1.54, 1.807) is 0 Å². The molecule has 1 aliphatic rings. The van der Waals surface area contributed by atoms with E-state index in [4.69, 9.17) is 4.74 Å². The molecule has 1 saturated heterocycles. The summed E-state index contributed by atoms with van der Waals surface area (Å²) in [6.45, 7) is 7.35. The van der Waals surface area contributed by atoms with Gasteiger partial charge in [-0.1, -0.05) is 6.07 Å². The number of ether oxygens (including phenoxy) is 1. The zero-order valence-corrected chi connectivity index (χ0v) is 17.4. The highest BCUT2D eigenvalue weighted by Crippen LogP contribution is 2.25. The molecule has 152 valence electrons. The highest BCUT2D eigenvalue weighted by Gasteiger charge is 2.14. The number of fused-ring (bicyclic) bond motifs is 1. The molecule has 7 nitrogen and oxygen atoms in total. The van der Waals surface area contributed by atoms with Crippen LogP contribution in [0.1, 0.15) is 16.9 Å². The number of carbonyl (C=O) groups excluding carboxylic acids is 1. The third-order valence-electron chi connectivity index (χ3n) is 5.24. The number of hydrogen-bond acceptors (Lipinski definition) is 6. The normalized spacial score (nSPS) is 14.3. The van der Waals surface area contributed by atoms with Crippen LogP contribution < -0.4 is 15.8 Å². The largest absolute Gasteiger partial charge is 0.378 e. The molecule has 0 unspecified atom stereocenters. The number of anilines is 2. The Balaban J connectivity index is 1.42. The minimum Gasteiger partial charge on any atom is -0.378 e. The number of amides is 1. The van der Waals surface area contributed by atoms with Crippen LogP contribution in [0, 0.1) is 13.8 Å². The second-order valence-corrected chi connectivity index (χ2v) is 8.36. The van der Waals surface area contributed by atoms with Crippen molar-refractivity contribution < 1.29 is 9.53 Å². The molecule has 8 heteroatoms. The molecule has 0 radical (unpaired) electrons. The zero-order chi connectivity index (χ0) is 20.4. The maximum Gasteiger partial charge on any atom is 0.262 e. The van der Waals surface area contributed by atoms with Crippen LogP contribution in [0.4, 0.5) is 11.4 Å². The molecule has 1 aromatic carbocycles. The average molecular weight is 413 g/mol. The molecule has 1 fully saturated rings. The molecule has 1 N–H and O–H groups in total. The Kier molecular flexibility index (Phi) is 5.64. The Morgan fingerprint density at radius 1 is 1.28 bits per heavy atom. The minimum atomic E-state index is -0.130. The fourth-order valence-electron chi connectivity index (χ4n) is 3.48. The van der Waals surface area contributed by atoms with Crippen LogP contribution in [0.2, 0.25) is 0 Å². The molecule has 29 heavy (non-hydrogen) atoms. The van der Waals surface area contributed by atoms with Gasteiger partial charge in [0.2, 0.25) is 5.91 Å². The quantitative estimate of drug-likeness (QED) is 0.697. The number of aromatic nitrogens is 2. The second kappa shape index (κ2) is 8.34. The number of morpholine rings is 1. The van der Waals surface area contributed by atoms with E-state index < -0.39 is 0 Å². The Hall–Kier alpha value is -2.71. The van der Waals surface area contributed by atoms with E-state index in [2.05, 4.69) is 15.2 Å². The molecule has 1 aliphatic heterocycles. The van der Waals surface area contributed by atoms with Crippen molar-refractivity contribution in [1.82, 2.24) is 9.55 Å². The summed E-state index contributed by atoms with van der Waals surface area (Å²) in [7, 11) is 0. The maximum absolute atomic E-state index is 12.7. The zero-order valence-electron chi connectivity index (χ0n) is 16.6. The van der Waals surface area contributed by atoms with Crippen molar-refractivity contribution in [2.24, 2.45) is 0 Å². The lowest BCUT2D eigenvalue weighted by atomic mass is 10.2. The van der Waals surface area contributed by atoms with E-state index in [0.29, 0.717) is 25.1 Å².